The van der Waals surface area contributed by atoms with Gasteiger partial charge in [-0.25, -0.2) is 9.65 Å². The Morgan fingerprint density at radius 1 is 1.14 bits per heavy atom. The fourth-order valence-electron chi connectivity index (χ4n) is 4.11. The molecule has 29 heavy (non-hydrogen) atoms. The van der Waals surface area contributed by atoms with Crippen LogP contribution in [-0.2, 0) is 27.2 Å². The summed E-state index contributed by atoms with van der Waals surface area (Å²) >= 11 is 0. The van der Waals surface area contributed by atoms with E-state index in [0.29, 0.717) is 12.8 Å². The third kappa shape index (κ3) is 4.72. The molecule has 0 bridgehead atoms. The molecule has 1 aliphatic heterocycles. The summed E-state index contributed by atoms with van der Waals surface area (Å²) in [5.74, 6) is 0. The zero-order chi connectivity index (χ0) is 21.2. The summed E-state index contributed by atoms with van der Waals surface area (Å²) < 4.78 is 50.6. The van der Waals surface area contributed by atoms with Crippen LogP contribution in [-0.4, -0.2) is 25.1 Å². The molecule has 1 saturated carbocycles. The lowest BCUT2D eigenvalue weighted by Crippen LogP contribution is -2.46. The van der Waals surface area contributed by atoms with E-state index < -0.39 is 26.7 Å². The highest BCUT2D eigenvalue weighted by Gasteiger charge is 2.60. The van der Waals surface area contributed by atoms with Gasteiger partial charge in [0.2, 0.25) is 0 Å². The molecule has 1 aromatic rings. The quantitative estimate of drug-likeness (QED) is 0.489. The Bertz CT molecular complexity index is 768. The van der Waals surface area contributed by atoms with Crippen molar-refractivity contribution in [1.29, 1.82) is 0 Å². The molecule has 0 spiro atoms. The molecule has 1 heterocycles. The molecule has 0 radical (unpaired) electrons. The van der Waals surface area contributed by atoms with E-state index in [1.54, 1.807) is 13.8 Å². The zero-order valence-electron chi connectivity index (χ0n) is 17.8. The second-order valence-electron chi connectivity index (χ2n) is 8.34. The maximum absolute atomic E-state index is 14.2. The summed E-state index contributed by atoms with van der Waals surface area (Å²) in [6.45, 7) is 8.28. The molecule has 9 heteroatoms. The van der Waals surface area contributed by atoms with E-state index in [1.807, 2.05) is 44.2 Å². The van der Waals surface area contributed by atoms with E-state index in [-0.39, 0.29) is 25.2 Å². The molecule has 7 nitrogen and oxygen atoms in total. The molecule has 2 atom stereocenters. The average Bonchev–Trinajstić information content (AvgIpc) is 3.15. The number of hydrogen-bond acceptors (Lipinski definition) is 6. The van der Waals surface area contributed by atoms with Crippen molar-refractivity contribution in [3.63, 3.8) is 0 Å². The predicted octanol–water partition coefficient (Wildman–Crippen LogP) is 6.03. The van der Waals surface area contributed by atoms with Crippen LogP contribution in [0.1, 0.15) is 65.0 Å². The van der Waals surface area contributed by atoms with E-state index in [4.69, 9.17) is 18.1 Å². The van der Waals surface area contributed by atoms with Crippen molar-refractivity contribution >= 4 is 15.3 Å². The van der Waals surface area contributed by atoms with Crippen LogP contribution < -0.4 is 5.09 Å². The summed E-state index contributed by atoms with van der Waals surface area (Å²) in [6, 6.07) is 9.77. The van der Waals surface area contributed by atoms with E-state index >= 15 is 0 Å². The monoisotopic (exact) mass is 445 g/mol. The number of benzene rings is 1. The zero-order valence-corrected chi connectivity index (χ0v) is 19.5. The first-order valence-corrected chi connectivity index (χ1v) is 13.4. The van der Waals surface area contributed by atoms with E-state index in [1.165, 1.54) is 0 Å². The van der Waals surface area contributed by atoms with Crippen LogP contribution in [0.2, 0.25) is 0 Å². The van der Waals surface area contributed by atoms with Gasteiger partial charge in [-0.15, -0.1) is 0 Å². The summed E-state index contributed by atoms with van der Waals surface area (Å²) in [5, 5.41) is 1.93. The summed E-state index contributed by atoms with van der Waals surface area (Å²) in [5.41, 5.74) is 0.588. The maximum Gasteiger partial charge on any atom is 0.406 e. The van der Waals surface area contributed by atoms with Gasteiger partial charge in [0.05, 0.1) is 25.9 Å². The van der Waals surface area contributed by atoms with Crippen LogP contribution in [0.15, 0.2) is 30.3 Å². The summed E-state index contributed by atoms with van der Waals surface area (Å²) in [4.78, 5) is 0. The van der Waals surface area contributed by atoms with Crippen molar-refractivity contribution in [2.45, 2.75) is 64.8 Å². The first kappa shape index (κ1) is 23.1. The number of rotatable bonds is 8. The molecule has 2 aliphatic rings. The Kier molecular flexibility index (Phi) is 7.12. The third-order valence-corrected chi connectivity index (χ3v) is 10.2. The number of hydrogen-bond donors (Lipinski definition) is 1. The lowest BCUT2D eigenvalue weighted by atomic mass is 9.83. The lowest BCUT2D eigenvalue weighted by Gasteiger charge is -2.47. The van der Waals surface area contributed by atoms with Crippen LogP contribution in [0.5, 0.6) is 0 Å². The van der Waals surface area contributed by atoms with Gasteiger partial charge in [-0.2, -0.15) is 0 Å². The molecule has 0 amide bonds. The molecule has 1 saturated heterocycles. The molecular weight excluding hydrogens is 412 g/mol. The van der Waals surface area contributed by atoms with Gasteiger partial charge >= 0.3 is 15.3 Å². The number of nitrogens with one attached hydrogen (secondary N) is 1. The van der Waals surface area contributed by atoms with E-state index in [9.17, 15) is 9.13 Å². The Hall–Kier alpha value is -0.520. The highest BCUT2D eigenvalue weighted by atomic mass is 31.2. The van der Waals surface area contributed by atoms with Gasteiger partial charge in [-0.05, 0) is 32.3 Å². The van der Waals surface area contributed by atoms with Crippen molar-refractivity contribution in [1.82, 2.24) is 5.09 Å². The standard InChI is InChI=1S/C20H33NO6P2/c1-5-24-29(23,25-6-2)21-20(14-10-11-15-20)28(22)26-16-19(3,4)18(27-28)17-12-8-7-9-13-17/h7-9,12-13,18H,5-6,10-11,14-16H2,1-4H3,(H,21,23). The van der Waals surface area contributed by atoms with E-state index in [0.717, 1.165) is 18.4 Å². The van der Waals surface area contributed by atoms with Crippen LogP contribution in [0.4, 0.5) is 0 Å². The smallest absolute Gasteiger partial charge is 0.307 e. The summed E-state index contributed by atoms with van der Waals surface area (Å²) in [7, 11) is -7.33. The van der Waals surface area contributed by atoms with Gasteiger partial charge in [-0.1, -0.05) is 57.0 Å². The van der Waals surface area contributed by atoms with Crippen molar-refractivity contribution < 1.29 is 27.2 Å². The predicted molar refractivity (Wildman–Crippen MR) is 113 cm³/mol. The first-order chi connectivity index (χ1) is 13.7. The van der Waals surface area contributed by atoms with Crippen molar-refractivity contribution in [2.24, 2.45) is 5.41 Å². The second kappa shape index (κ2) is 8.92. The fraction of sp³-hybridized carbons (Fsp3) is 0.700. The molecule has 2 unspecified atom stereocenters. The molecule has 3 rings (SSSR count). The Morgan fingerprint density at radius 3 is 2.28 bits per heavy atom. The molecule has 1 aliphatic carbocycles. The van der Waals surface area contributed by atoms with Gasteiger partial charge in [0, 0.05) is 5.41 Å². The van der Waals surface area contributed by atoms with Gasteiger partial charge in [-0.3, -0.25) is 18.1 Å². The van der Waals surface area contributed by atoms with E-state index in [2.05, 4.69) is 5.09 Å². The van der Waals surface area contributed by atoms with Gasteiger partial charge in [0.1, 0.15) is 5.28 Å². The van der Waals surface area contributed by atoms with Crippen LogP contribution in [0, 0.1) is 5.41 Å². The molecule has 1 N–H and O–H groups in total. The minimum Gasteiger partial charge on any atom is -0.307 e. The SMILES string of the molecule is CCOP(=O)(NC1(P2(=O)OCC(C)(C)C(c3ccccc3)O2)CCCC1)OCC. The second-order valence-corrected chi connectivity index (χ2v) is 12.4. The van der Waals surface area contributed by atoms with Gasteiger partial charge < -0.3 is 4.52 Å². The first-order valence-electron chi connectivity index (χ1n) is 10.4. The molecule has 2 fully saturated rings. The third-order valence-electron chi connectivity index (χ3n) is 5.56. The Morgan fingerprint density at radius 2 is 1.72 bits per heavy atom. The normalized spacial score (nSPS) is 29.0. The highest BCUT2D eigenvalue weighted by Crippen LogP contribution is 2.72. The van der Waals surface area contributed by atoms with Gasteiger partial charge in [0.15, 0.2) is 0 Å². The van der Waals surface area contributed by atoms with Crippen molar-refractivity contribution in [3.05, 3.63) is 35.9 Å². The lowest BCUT2D eigenvalue weighted by molar-refractivity contribution is -0.0348. The van der Waals surface area contributed by atoms with Crippen LogP contribution >= 0.6 is 15.3 Å². The minimum absolute atomic E-state index is 0.214. The van der Waals surface area contributed by atoms with Crippen molar-refractivity contribution in [2.75, 3.05) is 19.8 Å². The van der Waals surface area contributed by atoms with Gasteiger partial charge in [0.25, 0.3) is 0 Å². The maximum atomic E-state index is 14.2. The summed E-state index contributed by atoms with van der Waals surface area (Å²) in [6.07, 6.45) is 2.32. The van der Waals surface area contributed by atoms with Crippen LogP contribution in [0.25, 0.3) is 0 Å². The van der Waals surface area contributed by atoms with Crippen molar-refractivity contribution in [3.8, 4) is 0 Å². The molecule has 0 aromatic heterocycles. The Labute approximate surface area is 174 Å². The van der Waals surface area contributed by atoms with Crippen LogP contribution in [0.3, 0.4) is 0 Å². The minimum atomic E-state index is -3.68. The Balaban J connectivity index is 1.96. The topological polar surface area (TPSA) is 83.1 Å². The molecule has 1 aromatic carbocycles. The highest BCUT2D eigenvalue weighted by molar-refractivity contribution is 7.58. The fourth-order valence-corrected chi connectivity index (χ4v) is 9.14. The molecule has 164 valence electrons. The molecular formula is C20H33NO6P2. The largest absolute Gasteiger partial charge is 0.406 e. The average molecular weight is 445 g/mol.